The zero-order chi connectivity index (χ0) is 14.2. The van der Waals surface area contributed by atoms with Gasteiger partial charge in [-0.25, -0.2) is 9.45 Å². The van der Waals surface area contributed by atoms with Gasteiger partial charge in [0, 0.05) is 12.8 Å². The Morgan fingerprint density at radius 2 is 2.00 bits per heavy atom. The molecule has 0 spiro atoms. The lowest BCUT2D eigenvalue weighted by atomic mass is 10.0. The van der Waals surface area contributed by atoms with Gasteiger partial charge in [-0.15, -0.1) is 0 Å². The summed E-state index contributed by atoms with van der Waals surface area (Å²) in [5.74, 6) is -0.173. The van der Waals surface area contributed by atoms with Crippen molar-refractivity contribution < 1.29 is 9.23 Å². The molecule has 21 heavy (non-hydrogen) atoms. The van der Waals surface area contributed by atoms with Crippen LogP contribution in [0.5, 0.6) is 0 Å². The highest BCUT2D eigenvalue weighted by atomic mass is 19.1. The Bertz CT molecular complexity index is 683. The molecule has 0 amide bonds. The van der Waals surface area contributed by atoms with Crippen LogP contribution in [0.3, 0.4) is 0 Å². The zero-order valence-corrected chi connectivity index (χ0v) is 11.6. The van der Waals surface area contributed by atoms with Crippen molar-refractivity contribution in [3.05, 3.63) is 71.6 Å². The fourth-order valence-electron chi connectivity index (χ4n) is 3.12. The molecule has 3 heteroatoms. The van der Waals surface area contributed by atoms with Crippen molar-refractivity contribution in [2.45, 2.75) is 25.0 Å². The standard InChI is InChI=1S/C18H16FNO/c19-15-7-9-18-14(10-15)11-17-12-16(20(18)21-17)8-6-13-4-2-1-3-5-13/h1-10,16-17H,11-12H2/t16-,17+/m0/s1. The van der Waals surface area contributed by atoms with Gasteiger partial charge >= 0.3 is 0 Å². The lowest BCUT2D eigenvalue weighted by molar-refractivity contribution is 0.0751. The summed E-state index contributed by atoms with van der Waals surface area (Å²) in [6.45, 7) is 0. The lowest BCUT2D eigenvalue weighted by Crippen LogP contribution is -2.30. The molecule has 0 unspecified atom stereocenters. The first-order valence-electron chi connectivity index (χ1n) is 7.27. The first-order valence-corrected chi connectivity index (χ1v) is 7.27. The SMILES string of the molecule is Fc1ccc2c(c1)C[C@@H]1C[C@H](C=Cc3ccccc3)N2O1. The maximum atomic E-state index is 13.4. The van der Waals surface area contributed by atoms with Crippen LogP contribution >= 0.6 is 0 Å². The number of anilines is 1. The highest BCUT2D eigenvalue weighted by Gasteiger charge is 2.38. The number of hydrogen-bond donors (Lipinski definition) is 0. The van der Waals surface area contributed by atoms with Gasteiger partial charge in [-0.1, -0.05) is 42.5 Å². The van der Waals surface area contributed by atoms with E-state index >= 15 is 0 Å². The summed E-state index contributed by atoms with van der Waals surface area (Å²) in [7, 11) is 0. The molecule has 0 N–H and O–H groups in total. The monoisotopic (exact) mass is 281 g/mol. The minimum atomic E-state index is -0.173. The minimum absolute atomic E-state index is 0.157. The number of benzene rings is 2. The molecule has 1 fully saturated rings. The second kappa shape index (κ2) is 5.01. The summed E-state index contributed by atoms with van der Waals surface area (Å²) in [6.07, 6.45) is 6.19. The third-order valence-electron chi connectivity index (χ3n) is 4.11. The topological polar surface area (TPSA) is 12.5 Å². The van der Waals surface area contributed by atoms with Crippen molar-refractivity contribution in [1.82, 2.24) is 0 Å². The third-order valence-corrected chi connectivity index (χ3v) is 4.11. The molecule has 2 aromatic rings. The summed E-state index contributed by atoms with van der Waals surface area (Å²) >= 11 is 0. The van der Waals surface area contributed by atoms with E-state index in [1.54, 1.807) is 6.07 Å². The molecule has 0 saturated carbocycles. The fourth-order valence-corrected chi connectivity index (χ4v) is 3.12. The Hall–Kier alpha value is -2.13. The smallest absolute Gasteiger partial charge is 0.123 e. The molecular formula is C18H16FNO. The van der Waals surface area contributed by atoms with Crippen LogP contribution in [0.1, 0.15) is 17.5 Å². The minimum Gasteiger partial charge on any atom is -0.269 e. The number of hydrogen-bond acceptors (Lipinski definition) is 2. The molecule has 106 valence electrons. The number of halogens is 1. The summed E-state index contributed by atoms with van der Waals surface area (Å²) in [4.78, 5) is 5.92. The lowest BCUT2D eigenvalue weighted by Gasteiger charge is -2.29. The van der Waals surface area contributed by atoms with Crippen LogP contribution in [-0.4, -0.2) is 12.1 Å². The van der Waals surface area contributed by atoms with Crippen molar-refractivity contribution in [3.8, 4) is 0 Å². The normalized spacial score (nSPS) is 23.6. The Morgan fingerprint density at radius 3 is 2.86 bits per heavy atom. The second-order valence-electron chi connectivity index (χ2n) is 5.60. The van der Waals surface area contributed by atoms with Crippen molar-refractivity contribution in [2.24, 2.45) is 0 Å². The number of rotatable bonds is 2. The predicted octanol–water partition coefficient (Wildman–Crippen LogP) is 3.97. The van der Waals surface area contributed by atoms with Gasteiger partial charge in [0.2, 0.25) is 0 Å². The zero-order valence-electron chi connectivity index (χ0n) is 11.6. The molecule has 0 aliphatic carbocycles. The van der Waals surface area contributed by atoms with E-state index in [0.717, 1.165) is 24.1 Å². The van der Waals surface area contributed by atoms with E-state index in [4.69, 9.17) is 4.84 Å². The molecule has 1 saturated heterocycles. The molecule has 2 nitrogen and oxygen atoms in total. The molecule has 2 atom stereocenters. The molecule has 0 radical (unpaired) electrons. The summed E-state index contributed by atoms with van der Waals surface area (Å²) in [6, 6.07) is 15.4. The highest BCUT2D eigenvalue weighted by molar-refractivity contribution is 5.58. The van der Waals surface area contributed by atoms with Gasteiger partial charge in [0.25, 0.3) is 0 Å². The first-order chi connectivity index (χ1) is 10.3. The van der Waals surface area contributed by atoms with E-state index in [0.29, 0.717) is 0 Å². The fraction of sp³-hybridized carbons (Fsp3) is 0.222. The summed E-state index contributed by atoms with van der Waals surface area (Å²) in [5, 5.41) is 1.93. The van der Waals surface area contributed by atoms with Crippen LogP contribution in [-0.2, 0) is 11.3 Å². The van der Waals surface area contributed by atoms with Crippen molar-refractivity contribution in [2.75, 3.05) is 5.06 Å². The Morgan fingerprint density at radius 1 is 1.14 bits per heavy atom. The van der Waals surface area contributed by atoms with E-state index in [1.165, 1.54) is 11.6 Å². The molecular weight excluding hydrogens is 265 g/mol. The number of hydroxylamine groups is 1. The van der Waals surface area contributed by atoms with Gasteiger partial charge in [-0.2, -0.15) is 0 Å². The molecule has 2 aromatic carbocycles. The van der Waals surface area contributed by atoms with E-state index in [-0.39, 0.29) is 18.0 Å². The predicted molar refractivity (Wildman–Crippen MR) is 81.3 cm³/mol. The third kappa shape index (κ3) is 2.34. The van der Waals surface area contributed by atoms with Gasteiger partial charge in [-0.05, 0) is 29.3 Å². The molecule has 0 aromatic heterocycles. The summed E-state index contributed by atoms with van der Waals surface area (Å²) in [5.41, 5.74) is 3.22. The van der Waals surface area contributed by atoms with Crippen molar-refractivity contribution in [1.29, 1.82) is 0 Å². The molecule has 2 aliphatic heterocycles. The van der Waals surface area contributed by atoms with Crippen LogP contribution in [0.2, 0.25) is 0 Å². The highest BCUT2D eigenvalue weighted by Crippen LogP contribution is 2.38. The number of fused-ring (bicyclic) bond motifs is 4. The van der Waals surface area contributed by atoms with E-state index in [1.807, 2.05) is 29.3 Å². The first kappa shape index (κ1) is 12.6. The van der Waals surface area contributed by atoms with E-state index in [2.05, 4.69) is 24.3 Å². The molecule has 2 bridgehead atoms. The molecule has 4 rings (SSSR count). The van der Waals surface area contributed by atoms with Gasteiger partial charge < -0.3 is 0 Å². The van der Waals surface area contributed by atoms with Crippen LogP contribution in [0.15, 0.2) is 54.6 Å². The summed E-state index contributed by atoms with van der Waals surface area (Å²) < 4.78 is 13.4. The maximum Gasteiger partial charge on any atom is 0.123 e. The van der Waals surface area contributed by atoms with Crippen LogP contribution in [0.4, 0.5) is 10.1 Å². The van der Waals surface area contributed by atoms with Gasteiger partial charge in [0.1, 0.15) is 5.82 Å². The number of nitrogens with zero attached hydrogens (tertiary/aromatic N) is 1. The quantitative estimate of drug-likeness (QED) is 0.825. The largest absolute Gasteiger partial charge is 0.269 e. The molecule has 2 aliphatic rings. The maximum absolute atomic E-state index is 13.4. The molecule has 2 heterocycles. The Kier molecular flexibility index (Phi) is 3.00. The Balaban J connectivity index is 1.61. The Labute approximate surface area is 123 Å². The van der Waals surface area contributed by atoms with Gasteiger partial charge in [0.15, 0.2) is 0 Å². The van der Waals surface area contributed by atoms with Crippen LogP contribution < -0.4 is 5.06 Å². The average Bonchev–Trinajstić information content (AvgIpc) is 2.83. The van der Waals surface area contributed by atoms with Crippen molar-refractivity contribution in [3.63, 3.8) is 0 Å². The van der Waals surface area contributed by atoms with E-state index < -0.39 is 0 Å². The van der Waals surface area contributed by atoms with Gasteiger partial charge in [-0.3, -0.25) is 4.84 Å². The van der Waals surface area contributed by atoms with Crippen molar-refractivity contribution >= 4 is 11.8 Å². The average molecular weight is 281 g/mol. The van der Waals surface area contributed by atoms with Crippen LogP contribution in [0, 0.1) is 5.82 Å². The second-order valence-corrected chi connectivity index (χ2v) is 5.60. The van der Waals surface area contributed by atoms with Crippen LogP contribution in [0.25, 0.3) is 6.08 Å². The van der Waals surface area contributed by atoms with Gasteiger partial charge in [0.05, 0.1) is 17.8 Å². The van der Waals surface area contributed by atoms with E-state index in [9.17, 15) is 4.39 Å².